The van der Waals surface area contributed by atoms with Gasteiger partial charge in [0.1, 0.15) is 0 Å². The molecule has 3 nitrogen and oxygen atoms in total. The van der Waals surface area contributed by atoms with Gasteiger partial charge >= 0.3 is 0 Å². The van der Waals surface area contributed by atoms with Crippen molar-refractivity contribution in [3.63, 3.8) is 0 Å². The lowest BCUT2D eigenvalue weighted by atomic mass is 10.2. The number of nitrogens with one attached hydrogen (secondary N) is 1. The normalized spacial score (nSPS) is 10.3. The molecule has 0 fully saturated rings. The standard InChI is InChI=1S/C10H14Cl2N2O/c1-15-4-2-3-14-10-8(11)5-7(13)6-9(10)12/h5-6,14H,2-4,13H2,1H3. The topological polar surface area (TPSA) is 47.3 Å². The maximum atomic E-state index is 5.99. The summed E-state index contributed by atoms with van der Waals surface area (Å²) in [4.78, 5) is 0. The summed E-state index contributed by atoms with van der Waals surface area (Å²) in [5, 5.41) is 4.22. The number of halogens is 2. The first-order valence-electron chi connectivity index (χ1n) is 4.62. The highest BCUT2D eigenvalue weighted by Crippen LogP contribution is 2.32. The van der Waals surface area contributed by atoms with E-state index in [9.17, 15) is 0 Å². The first kappa shape index (κ1) is 12.4. The van der Waals surface area contributed by atoms with Gasteiger partial charge in [0.2, 0.25) is 0 Å². The lowest BCUT2D eigenvalue weighted by Gasteiger charge is -2.10. The fraction of sp³-hybridized carbons (Fsp3) is 0.400. The number of nitrogens with two attached hydrogens (primary N) is 1. The van der Waals surface area contributed by atoms with Crippen molar-refractivity contribution in [2.45, 2.75) is 6.42 Å². The van der Waals surface area contributed by atoms with Crippen LogP contribution in [0.15, 0.2) is 12.1 Å². The fourth-order valence-electron chi connectivity index (χ4n) is 1.19. The van der Waals surface area contributed by atoms with Crippen LogP contribution in [0.4, 0.5) is 11.4 Å². The number of methoxy groups -OCH3 is 1. The van der Waals surface area contributed by atoms with Gasteiger partial charge in [0.15, 0.2) is 0 Å². The van der Waals surface area contributed by atoms with Crippen molar-refractivity contribution in [1.29, 1.82) is 0 Å². The second-order valence-electron chi connectivity index (χ2n) is 3.13. The SMILES string of the molecule is COCCCNc1c(Cl)cc(N)cc1Cl. The van der Waals surface area contributed by atoms with Gasteiger partial charge in [0.05, 0.1) is 15.7 Å². The lowest BCUT2D eigenvalue weighted by Crippen LogP contribution is -2.05. The number of anilines is 2. The number of nitrogen functional groups attached to an aromatic ring is 1. The Hall–Kier alpha value is -0.640. The van der Waals surface area contributed by atoms with Gasteiger partial charge in [0, 0.05) is 25.9 Å². The number of ether oxygens (including phenoxy) is 1. The van der Waals surface area contributed by atoms with Crippen molar-refractivity contribution in [2.75, 3.05) is 31.3 Å². The van der Waals surface area contributed by atoms with E-state index in [2.05, 4.69) is 5.32 Å². The smallest absolute Gasteiger partial charge is 0.0720 e. The minimum absolute atomic E-state index is 0.539. The van der Waals surface area contributed by atoms with Crippen LogP contribution in [0.5, 0.6) is 0 Å². The predicted octanol–water partition coefficient (Wildman–Crippen LogP) is 3.02. The van der Waals surface area contributed by atoms with Gasteiger partial charge in [-0.1, -0.05) is 23.2 Å². The minimum atomic E-state index is 0.539. The Morgan fingerprint density at radius 2 is 1.93 bits per heavy atom. The van der Waals surface area contributed by atoms with E-state index < -0.39 is 0 Å². The molecule has 0 aliphatic carbocycles. The molecule has 1 aromatic rings. The highest BCUT2D eigenvalue weighted by atomic mass is 35.5. The van der Waals surface area contributed by atoms with Crippen molar-refractivity contribution in [1.82, 2.24) is 0 Å². The van der Waals surface area contributed by atoms with Gasteiger partial charge < -0.3 is 15.8 Å². The fourth-order valence-corrected chi connectivity index (χ4v) is 1.83. The first-order chi connectivity index (χ1) is 7.15. The van der Waals surface area contributed by atoms with Gasteiger partial charge in [0.25, 0.3) is 0 Å². The second-order valence-corrected chi connectivity index (χ2v) is 3.95. The van der Waals surface area contributed by atoms with Crippen LogP contribution in [-0.2, 0) is 4.74 Å². The summed E-state index contributed by atoms with van der Waals surface area (Å²) < 4.78 is 4.93. The van der Waals surface area contributed by atoms with Gasteiger partial charge in [-0.25, -0.2) is 0 Å². The molecule has 0 aliphatic heterocycles. The molecular formula is C10H14Cl2N2O. The molecular weight excluding hydrogens is 235 g/mol. The molecule has 0 unspecified atom stereocenters. The van der Waals surface area contributed by atoms with Gasteiger partial charge in [-0.05, 0) is 18.6 Å². The lowest BCUT2D eigenvalue weighted by molar-refractivity contribution is 0.198. The van der Waals surface area contributed by atoms with E-state index in [0.29, 0.717) is 22.3 Å². The molecule has 0 heterocycles. The number of rotatable bonds is 5. The number of hydrogen-bond donors (Lipinski definition) is 2. The molecule has 0 spiro atoms. The summed E-state index contributed by atoms with van der Waals surface area (Å²) in [5.74, 6) is 0. The van der Waals surface area contributed by atoms with Crippen LogP contribution in [0.25, 0.3) is 0 Å². The largest absolute Gasteiger partial charge is 0.399 e. The van der Waals surface area contributed by atoms with Crippen LogP contribution < -0.4 is 11.1 Å². The summed E-state index contributed by atoms with van der Waals surface area (Å²) in [6.07, 6.45) is 0.896. The Morgan fingerprint density at radius 1 is 1.33 bits per heavy atom. The Balaban J connectivity index is 2.60. The van der Waals surface area contributed by atoms with Crippen molar-refractivity contribution in [2.24, 2.45) is 0 Å². The molecule has 1 rings (SSSR count). The molecule has 0 atom stereocenters. The number of benzene rings is 1. The highest BCUT2D eigenvalue weighted by molar-refractivity contribution is 6.39. The van der Waals surface area contributed by atoms with Crippen molar-refractivity contribution < 1.29 is 4.74 Å². The molecule has 0 bridgehead atoms. The zero-order valence-electron chi connectivity index (χ0n) is 8.52. The van der Waals surface area contributed by atoms with Crippen LogP contribution in [0.3, 0.4) is 0 Å². The first-order valence-corrected chi connectivity index (χ1v) is 5.38. The van der Waals surface area contributed by atoms with Crippen LogP contribution in [0.2, 0.25) is 10.0 Å². The number of hydrogen-bond acceptors (Lipinski definition) is 3. The molecule has 15 heavy (non-hydrogen) atoms. The minimum Gasteiger partial charge on any atom is -0.399 e. The summed E-state index contributed by atoms with van der Waals surface area (Å²) in [6.45, 7) is 1.47. The van der Waals surface area contributed by atoms with Crippen molar-refractivity contribution in [3.05, 3.63) is 22.2 Å². The Morgan fingerprint density at radius 3 is 2.47 bits per heavy atom. The zero-order chi connectivity index (χ0) is 11.3. The monoisotopic (exact) mass is 248 g/mol. The van der Waals surface area contributed by atoms with Crippen LogP contribution in [0.1, 0.15) is 6.42 Å². The molecule has 3 N–H and O–H groups in total. The van der Waals surface area contributed by atoms with E-state index in [1.54, 1.807) is 19.2 Å². The average molecular weight is 249 g/mol. The van der Waals surface area contributed by atoms with Crippen molar-refractivity contribution in [3.8, 4) is 0 Å². The summed E-state index contributed by atoms with van der Waals surface area (Å²) in [5.41, 5.74) is 6.88. The molecule has 0 aliphatic rings. The van der Waals surface area contributed by atoms with Gasteiger partial charge in [-0.3, -0.25) is 0 Å². The van der Waals surface area contributed by atoms with E-state index in [1.807, 2.05) is 0 Å². The maximum absolute atomic E-state index is 5.99. The van der Waals surface area contributed by atoms with E-state index in [1.165, 1.54) is 0 Å². The van der Waals surface area contributed by atoms with E-state index in [4.69, 9.17) is 33.7 Å². The molecule has 0 amide bonds. The quantitative estimate of drug-likeness (QED) is 0.622. The zero-order valence-corrected chi connectivity index (χ0v) is 10.0. The van der Waals surface area contributed by atoms with Crippen molar-refractivity contribution >= 4 is 34.6 Å². The average Bonchev–Trinajstić information content (AvgIpc) is 2.15. The summed E-state index contributed by atoms with van der Waals surface area (Å²) >= 11 is 12.0. The predicted molar refractivity (Wildman–Crippen MR) is 65.9 cm³/mol. The third kappa shape index (κ3) is 3.78. The van der Waals surface area contributed by atoms with Crippen LogP contribution in [0, 0.1) is 0 Å². The van der Waals surface area contributed by atoms with Gasteiger partial charge in [-0.15, -0.1) is 0 Å². The van der Waals surface area contributed by atoms with Crippen LogP contribution >= 0.6 is 23.2 Å². The third-order valence-corrected chi connectivity index (χ3v) is 2.49. The Labute approximate surface area is 99.5 Å². The molecule has 0 aromatic heterocycles. The summed E-state index contributed by atoms with van der Waals surface area (Å²) in [7, 11) is 1.67. The summed E-state index contributed by atoms with van der Waals surface area (Å²) in [6, 6.07) is 3.35. The molecule has 84 valence electrons. The molecule has 0 saturated heterocycles. The second kappa shape index (κ2) is 6.05. The third-order valence-electron chi connectivity index (χ3n) is 1.89. The molecule has 1 aromatic carbocycles. The molecule has 5 heteroatoms. The van der Waals surface area contributed by atoms with E-state index in [-0.39, 0.29) is 0 Å². The highest BCUT2D eigenvalue weighted by Gasteiger charge is 2.06. The van der Waals surface area contributed by atoms with E-state index >= 15 is 0 Å². The van der Waals surface area contributed by atoms with Gasteiger partial charge in [-0.2, -0.15) is 0 Å². The Bertz CT molecular complexity index is 308. The molecule has 0 radical (unpaired) electrons. The Kier molecular flexibility index (Phi) is 5.02. The van der Waals surface area contributed by atoms with Crippen LogP contribution in [-0.4, -0.2) is 20.3 Å². The van der Waals surface area contributed by atoms with E-state index in [0.717, 1.165) is 18.7 Å². The maximum Gasteiger partial charge on any atom is 0.0720 e. The molecule has 0 saturated carbocycles.